The van der Waals surface area contributed by atoms with E-state index in [2.05, 4.69) is 10.1 Å². The number of halogens is 4. The number of aryl methyl sites for hydroxylation is 2. The summed E-state index contributed by atoms with van der Waals surface area (Å²) >= 11 is 0. The van der Waals surface area contributed by atoms with Crippen LogP contribution < -0.4 is 5.32 Å². The van der Waals surface area contributed by atoms with Crippen molar-refractivity contribution in [1.29, 1.82) is 0 Å². The van der Waals surface area contributed by atoms with Gasteiger partial charge in [0.2, 0.25) is 0 Å². The monoisotopic (exact) mass is 409 g/mol. The largest absolute Gasteiger partial charge is 0.453 e. The summed E-state index contributed by atoms with van der Waals surface area (Å²) < 4.78 is 65.0. The second-order valence-electron chi connectivity index (χ2n) is 7.12. The van der Waals surface area contributed by atoms with E-state index in [-0.39, 0.29) is 17.7 Å². The second kappa shape index (κ2) is 7.69. The van der Waals surface area contributed by atoms with Gasteiger partial charge in [-0.25, -0.2) is 4.79 Å². The lowest BCUT2D eigenvalue weighted by atomic mass is 9.85. The molecule has 0 aromatic heterocycles. The molecule has 0 spiro atoms. The van der Waals surface area contributed by atoms with E-state index in [1.165, 1.54) is 31.4 Å². The van der Waals surface area contributed by atoms with Crippen molar-refractivity contribution in [2.24, 2.45) is 0 Å². The fraction of sp³-hybridized carbons (Fsp3) is 0.409. The zero-order valence-corrected chi connectivity index (χ0v) is 16.5. The van der Waals surface area contributed by atoms with E-state index < -0.39 is 35.0 Å². The minimum atomic E-state index is -4.39. The maximum absolute atomic E-state index is 15.1. The van der Waals surface area contributed by atoms with Crippen LogP contribution in [0.1, 0.15) is 53.1 Å². The molecule has 1 aliphatic rings. The lowest BCUT2D eigenvalue weighted by molar-refractivity contribution is -0.223. The molecule has 3 rings (SSSR count). The van der Waals surface area contributed by atoms with Crippen molar-refractivity contribution in [3.05, 3.63) is 69.8 Å². The molecule has 0 radical (unpaired) electrons. The third-order valence-electron chi connectivity index (χ3n) is 5.51. The molecule has 2 aromatic carbocycles. The zero-order chi connectivity index (χ0) is 21.4. The van der Waals surface area contributed by atoms with Crippen molar-refractivity contribution in [3.8, 4) is 0 Å². The highest BCUT2D eigenvalue weighted by Gasteiger charge is 2.62. The topological polar surface area (TPSA) is 38.3 Å². The zero-order valence-electron chi connectivity index (χ0n) is 16.5. The maximum atomic E-state index is 15.1. The molecule has 0 heterocycles. The average Bonchev–Trinajstić information content (AvgIpc) is 2.77. The van der Waals surface area contributed by atoms with Crippen LogP contribution in [0.4, 0.5) is 22.4 Å². The Morgan fingerprint density at radius 2 is 1.38 bits per heavy atom. The quantitative estimate of drug-likeness (QED) is 0.678. The minimum absolute atomic E-state index is 0.0948. The van der Waals surface area contributed by atoms with E-state index in [1.807, 2.05) is 13.8 Å². The van der Waals surface area contributed by atoms with Gasteiger partial charge in [-0.1, -0.05) is 50.2 Å². The number of alkyl carbamates (subject to hydrolysis) is 1. The summed E-state index contributed by atoms with van der Waals surface area (Å²) in [5, 5.41) is 2.49. The molecule has 156 valence electrons. The van der Waals surface area contributed by atoms with Crippen LogP contribution in [0.5, 0.6) is 0 Å². The van der Waals surface area contributed by atoms with Crippen molar-refractivity contribution in [2.75, 3.05) is 13.7 Å². The summed E-state index contributed by atoms with van der Waals surface area (Å²) in [6, 6.07) is 8.13. The number of methoxy groups -OCH3 is 1. The summed E-state index contributed by atoms with van der Waals surface area (Å²) in [5.41, 5.74) is 0.258. The van der Waals surface area contributed by atoms with Crippen LogP contribution in [0.2, 0.25) is 0 Å². The van der Waals surface area contributed by atoms with Gasteiger partial charge in [0.1, 0.15) is 0 Å². The molecule has 0 unspecified atom stereocenters. The first kappa shape index (κ1) is 21.1. The summed E-state index contributed by atoms with van der Waals surface area (Å²) in [6.45, 7) is 3.57. The molecule has 0 saturated heterocycles. The van der Waals surface area contributed by atoms with E-state index in [0.29, 0.717) is 12.8 Å². The molecule has 0 fully saturated rings. The van der Waals surface area contributed by atoms with Gasteiger partial charge in [0.25, 0.3) is 0 Å². The lowest BCUT2D eigenvalue weighted by Crippen LogP contribution is -2.35. The van der Waals surface area contributed by atoms with Gasteiger partial charge in [0.05, 0.1) is 7.11 Å². The lowest BCUT2D eigenvalue weighted by Gasteiger charge is -2.27. The van der Waals surface area contributed by atoms with Crippen molar-refractivity contribution in [3.63, 3.8) is 0 Å². The van der Waals surface area contributed by atoms with Crippen molar-refractivity contribution in [1.82, 2.24) is 5.32 Å². The number of fused-ring (bicyclic) bond motifs is 2. The van der Waals surface area contributed by atoms with Gasteiger partial charge < -0.3 is 10.1 Å². The predicted molar refractivity (Wildman–Crippen MR) is 102 cm³/mol. The maximum Gasteiger partial charge on any atom is 0.406 e. The first-order chi connectivity index (χ1) is 13.7. The van der Waals surface area contributed by atoms with Crippen LogP contribution in [-0.2, 0) is 29.4 Å². The number of carbonyl (C=O) groups excluding carboxylic acids is 1. The van der Waals surface area contributed by atoms with Crippen molar-refractivity contribution < 1.29 is 27.1 Å². The number of carbonyl (C=O) groups is 1. The Kier molecular flexibility index (Phi) is 5.61. The molecule has 1 aliphatic carbocycles. The highest BCUT2D eigenvalue weighted by molar-refractivity contribution is 5.67. The summed E-state index contributed by atoms with van der Waals surface area (Å²) in [7, 11) is 1.18. The van der Waals surface area contributed by atoms with Crippen LogP contribution in [0, 0.1) is 0 Å². The van der Waals surface area contributed by atoms with E-state index in [1.54, 1.807) is 0 Å². The molecule has 7 heteroatoms. The predicted octanol–water partition coefficient (Wildman–Crippen LogP) is 5.50. The molecule has 0 atom stereocenters. The third kappa shape index (κ3) is 3.47. The molecular weight excluding hydrogens is 386 g/mol. The standard InChI is InChI=1S/C22H23F4NO2/c1-4-13-6-8-18-15(10-13)17(12-27-20(28)29-3)16-11-14(5-2)7-9-19(16)22(25,26)21(18,23)24/h6-11,17H,4-5,12H2,1-3H3,(H,27,28). The number of hydrogen-bond donors (Lipinski definition) is 1. The number of ether oxygens (including phenoxy) is 1. The molecule has 0 saturated carbocycles. The number of amides is 1. The number of hydrogen-bond acceptors (Lipinski definition) is 2. The Hall–Kier alpha value is -2.57. The average molecular weight is 409 g/mol. The first-order valence-corrected chi connectivity index (χ1v) is 9.51. The molecule has 1 amide bonds. The Bertz CT molecular complexity index is 862. The van der Waals surface area contributed by atoms with Gasteiger partial charge >= 0.3 is 17.9 Å². The highest BCUT2D eigenvalue weighted by Crippen LogP contribution is 2.56. The number of alkyl halides is 4. The van der Waals surface area contributed by atoms with Gasteiger partial charge in [0, 0.05) is 23.6 Å². The molecule has 29 heavy (non-hydrogen) atoms. The van der Waals surface area contributed by atoms with Gasteiger partial charge in [-0.05, 0) is 35.1 Å². The number of rotatable bonds is 4. The molecule has 1 N–H and O–H groups in total. The van der Waals surface area contributed by atoms with Crippen LogP contribution in [-0.4, -0.2) is 19.7 Å². The summed E-state index contributed by atoms with van der Waals surface area (Å²) in [4.78, 5) is 11.6. The van der Waals surface area contributed by atoms with E-state index in [0.717, 1.165) is 23.3 Å². The highest BCUT2D eigenvalue weighted by atomic mass is 19.3. The molecule has 3 nitrogen and oxygen atoms in total. The SMILES string of the molecule is CCc1ccc2c(c1)C(CNC(=O)OC)c1cc(CC)ccc1C(F)(F)C2(F)F. The summed E-state index contributed by atoms with van der Waals surface area (Å²) in [5.74, 6) is -9.65. The van der Waals surface area contributed by atoms with Gasteiger partial charge in [0.15, 0.2) is 0 Å². The second-order valence-corrected chi connectivity index (χ2v) is 7.12. The van der Waals surface area contributed by atoms with Gasteiger partial charge in [-0.2, -0.15) is 17.6 Å². The van der Waals surface area contributed by atoms with Gasteiger partial charge in [-0.3, -0.25) is 0 Å². The molecule has 2 aromatic rings. The van der Waals surface area contributed by atoms with E-state index >= 15 is 17.6 Å². The number of benzene rings is 2. The van der Waals surface area contributed by atoms with E-state index in [9.17, 15) is 4.79 Å². The molecular formula is C22H23F4NO2. The van der Waals surface area contributed by atoms with Crippen molar-refractivity contribution in [2.45, 2.75) is 44.5 Å². The fourth-order valence-electron chi connectivity index (χ4n) is 3.80. The van der Waals surface area contributed by atoms with Crippen LogP contribution in [0.3, 0.4) is 0 Å². The first-order valence-electron chi connectivity index (χ1n) is 9.51. The smallest absolute Gasteiger partial charge is 0.406 e. The normalized spacial score (nSPS) is 17.1. The minimum Gasteiger partial charge on any atom is -0.453 e. The van der Waals surface area contributed by atoms with E-state index in [4.69, 9.17) is 0 Å². The van der Waals surface area contributed by atoms with Crippen LogP contribution >= 0.6 is 0 Å². The van der Waals surface area contributed by atoms with Crippen LogP contribution in [0.25, 0.3) is 0 Å². The van der Waals surface area contributed by atoms with Crippen molar-refractivity contribution >= 4 is 6.09 Å². The molecule has 0 aliphatic heterocycles. The van der Waals surface area contributed by atoms with Crippen LogP contribution in [0.15, 0.2) is 36.4 Å². The Labute approximate surface area is 167 Å². The Morgan fingerprint density at radius 3 is 1.76 bits per heavy atom. The third-order valence-corrected chi connectivity index (χ3v) is 5.51. The fourth-order valence-corrected chi connectivity index (χ4v) is 3.80. The summed E-state index contributed by atoms with van der Waals surface area (Å²) in [6.07, 6.45) is 0.372. The Balaban J connectivity index is 2.32. The Morgan fingerprint density at radius 1 is 0.931 bits per heavy atom. The van der Waals surface area contributed by atoms with Gasteiger partial charge in [-0.15, -0.1) is 0 Å². The molecule has 0 bridgehead atoms. The number of nitrogens with one attached hydrogen (secondary N) is 1.